The van der Waals surface area contributed by atoms with Gasteiger partial charge in [-0.2, -0.15) is 4.98 Å². The van der Waals surface area contributed by atoms with Gasteiger partial charge in [-0.15, -0.1) is 0 Å². The summed E-state index contributed by atoms with van der Waals surface area (Å²) in [4.78, 5) is 49.3. The van der Waals surface area contributed by atoms with E-state index in [2.05, 4.69) is 30.9 Å². The molecule has 0 bridgehead atoms. The summed E-state index contributed by atoms with van der Waals surface area (Å²) in [5.74, 6) is -1.70. The molecular weight excluding hydrogens is 718 g/mol. The second kappa shape index (κ2) is 18.0. The molecule has 0 unspecified atom stereocenters. The van der Waals surface area contributed by atoms with Crippen LogP contribution in [0.5, 0.6) is 0 Å². The van der Waals surface area contributed by atoms with Crippen molar-refractivity contribution < 1.29 is 49.3 Å². The number of carbonyl (C=O) groups is 2. The van der Waals surface area contributed by atoms with Gasteiger partial charge in [0.15, 0.2) is 29.8 Å². The van der Waals surface area contributed by atoms with E-state index in [1.807, 2.05) is 0 Å². The van der Waals surface area contributed by atoms with Crippen LogP contribution in [-0.2, 0) is 23.8 Å². The Hall–Kier alpha value is -3.47. The second-order valence-electron chi connectivity index (χ2n) is 13.8. The number of nitrogens with zero attached hydrogens (tertiary/aromatic N) is 3. The van der Waals surface area contributed by atoms with Crippen LogP contribution in [-0.4, -0.2) is 168 Å². The lowest BCUT2D eigenvalue weighted by Gasteiger charge is -2.47. The predicted octanol–water partition coefficient (Wildman–Crippen LogP) is -8.45. The summed E-state index contributed by atoms with van der Waals surface area (Å²) in [5, 5.41) is 61.6. The van der Waals surface area contributed by atoms with Gasteiger partial charge in [0, 0.05) is 31.7 Å². The van der Waals surface area contributed by atoms with Crippen LogP contribution >= 0.6 is 0 Å². The average Bonchev–Trinajstić information content (AvgIpc) is 3.69. The first kappa shape index (κ1) is 41.7. The molecule has 15 atom stereocenters. The first-order chi connectivity index (χ1) is 25.7. The number of nitrogens with two attached hydrogens (primary N) is 6. The van der Waals surface area contributed by atoms with Gasteiger partial charge in [0.2, 0.25) is 11.9 Å². The summed E-state index contributed by atoms with van der Waals surface area (Å²) in [6.45, 7) is 0.277. The number of nitrogens with one attached hydrogen (secondary N) is 4. The van der Waals surface area contributed by atoms with E-state index in [1.54, 1.807) is 0 Å². The third kappa shape index (κ3) is 8.81. The summed E-state index contributed by atoms with van der Waals surface area (Å²) in [7, 11) is 0. The minimum absolute atomic E-state index is 0.00554. The van der Waals surface area contributed by atoms with Crippen molar-refractivity contribution in [3.8, 4) is 0 Å². The van der Waals surface area contributed by atoms with Gasteiger partial charge in [-0.25, -0.2) is 4.98 Å². The van der Waals surface area contributed by atoms with Crippen LogP contribution in [0.15, 0.2) is 11.1 Å². The van der Waals surface area contributed by atoms with Crippen LogP contribution in [0.4, 0.5) is 5.95 Å². The number of rotatable bonds is 15. The van der Waals surface area contributed by atoms with E-state index in [9.17, 15) is 39.9 Å². The molecule has 24 nitrogen and oxygen atoms in total. The third-order valence-corrected chi connectivity index (χ3v) is 10.0. The summed E-state index contributed by atoms with van der Waals surface area (Å²) in [5.41, 5.74) is 34.8. The molecule has 3 fully saturated rings. The number of ether oxygens (including phenoxy) is 3. The zero-order valence-corrected chi connectivity index (χ0v) is 29.4. The molecule has 5 rings (SSSR count). The smallest absolute Gasteiger partial charge is 0.280 e. The van der Waals surface area contributed by atoms with E-state index < -0.39 is 109 Å². The molecule has 0 spiro atoms. The Balaban J connectivity index is 1.20. The van der Waals surface area contributed by atoms with Crippen LogP contribution in [0.25, 0.3) is 11.2 Å². The molecule has 1 aliphatic carbocycles. The molecule has 0 radical (unpaired) electrons. The lowest BCUT2D eigenvalue weighted by atomic mass is 9.82. The van der Waals surface area contributed by atoms with Crippen molar-refractivity contribution in [3.63, 3.8) is 0 Å². The van der Waals surface area contributed by atoms with E-state index in [4.69, 9.17) is 48.6 Å². The van der Waals surface area contributed by atoms with Crippen molar-refractivity contribution in [2.45, 2.75) is 117 Å². The number of imidazole rings is 1. The standard InChI is InChI=1S/C30H53N13O11/c31-4-2-1-3-12(40-27(51)23-20(47)21(48)28(53-23)43-9-39-16-24(43)41-30(36)42-26(16)50)25(49)38-6-5-37-15-17(44)10(33)7-11(34)22(15)54-29-14(35)19(46)18(45)13(8-32)52-29/h9-15,17-23,28-29,37,44-48H,1-8,31-35H2,(H,38,49)(H,40,51)(H3,36,41,42,50)/t10-,11+,12+,13-,14-,15+,17+,18-,19-,20+,21-,22-,23+,28-,29-/m1/s1. The molecule has 3 aliphatic rings. The number of fused-ring (bicyclic) bond motifs is 1. The van der Waals surface area contributed by atoms with Gasteiger partial charge >= 0.3 is 0 Å². The van der Waals surface area contributed by atoms with Gasteiger partial charge in [0.25, 0.3) is 11.5 Å². The van der Waals surface area contributed by atoms with Crippen LogP contribution in [0, 0.1) is 0 Å². The number of hydrogen-bond donors (Lipinski definition) is 15. The van der Waals surface area contributed by atoms with E-state index in [-0.39, 0.29) is 49.6 Å². The quantitative estimate of drug-likeness (QED) is 0.0747. The average molecular weight is 772 g/mol. The summed E-state index contributed by atoms with van der Waals surface area (Å²) in [6.07, 6.45) is -10.9. The fourth-order valence-corrected chi connectivity index (χ4v) is 6.96. The van der Waals surface area contributed by atoms with E-state index in [0.29, 0.717) is 19.4 Å². The highest BCUT2D eigenvalue weighted by atomic mass is 16.7. The van der Waals surface area contributed by atoms with E-state index >= 15 is 0 Å². The normalized spacial score (nSPS) is 36.3. The van der Waals surface area contributed by atoms with Crippen molar-refractivity contribution in [1.82, 2.24) is 35.5 Å². The molecule has 304 valence electrons. The second-order valence-corrected chi connectivity index (χ2v) is 13.8. The number of anilines is 1. The van der Waals surface area contributed by atoms with E-state index in [1.165, 1.54) is 4.57 Å². The van der Waals surface area contributed by atoms with Crippen molar-refractivity contribution in [2.24, 2.45) is 28.7 Å². The van der Waals surface area contributed by atoms with E-state index in [0.717, 1.165) is 6.33 Å². The van der Waals surface area contributed by atoms with Crippen molar-refractivity contribution in [3.05, 3.63) is 16.7 Å². The third-order valence-electron chi connectivity index (χ3n) is 10.0. The minimum atomic E-state index is -1.73. The van der Waals surface area contributed by atoms with Gasteiger partial charge in [0.1, 0.15) is 36.6 Å². The number of aliphatic hydroxyl groups is 5. The maximum atomic E-state index is 13.4. The monoisotopic (exact) mass is 771 g/mol. The van der Waals surface area contributed by atoms with Gasteiger partial charge in [-0.3, -0.25) is 23.9 Å². The highest BCUT2D eigenvalue weighted by Crippen LogP contribution is 2.32. The maximum Gasteiger partial charge on any atom is 0.280 e. The zero-order valence-electron chi connectivity index (χ0n) is 29.4. The summed E-state index contributed by atoms with van der Waals surface area (Å²) in [6, 6.07) is -4.58. The lowest BCUT2D eigenvalue weighted by Crippen LogP contribution is -2.70. The summed E-state index contributed by atoms with van der Waals surface area (Å²) >= 11 is 0. The fourth-order valence-electron chi connectivity index (χ4n) is 6.96. The van der Waals surface area contributed by atoms with Crippen LogP contribution in [0.1, 0.15) is 31.9 Å². The summed E-state index contributed by atoms with van der Waals surface area (Å²) < 4.78 is 18.7. The molecule has 24 heteroatoms. The number of aromatic nitrogens is 4. The predicted molar refractivity (Wildman–Crippen MR) is 187 cm³/mol. The zero-order chi connectivity index (χ0) is 39.4. The molecule has 2 saturated heterocycles. The molecule has 21 N–H and O–H groups in total. The largest absolute Gasteiger partial charge is 0.390 e. The van der Waals surface area contributed by atoms with Crippen LogP contribution < -0.4 is 55.9 Å². The molecule has 4 heterocycles. The first-order valence-corrected chi connectivity index (χ1v) is 17.8. The highest BCUT2D eigenvalue weighted by Gasteiger charge is 2.50. The Morgan fingerprint density at radius 3 is 2.44 bits per heavy atom. The van der Waals surface area contributed by atoms with Crippen molar-refractivity contribution in [1.29, 1.82) is 0 Å². The topological polar surface area (TPSA) is 419 Å². The maximum absolute atomic E-state index is 13.4. The Morgan fingerprint density at radius 1 is 1.00 bits per heavy atom. The molecule has 2 aromatic heterocycles. The number of aromatic amines is 1. The Bertz CT molecular complexity index is 1630. The highest BCUT2D eigenvalue weighted by molar-refractivity contribution is 5.89. The molecular formula is C30H53N13O11. The Labute approximate surface area is 308 Å². The molecule has 54 heavy (non-hydrogen) atoms. The van der Waals surface area contributed by atoms with Gasteiger partial charge < -0.3 is 90.1 Å². The van der Waals surface area contributed by atoms with Crippen molar-refractivity contribution >= 4 is 28.9 Å². The number of amides is 2. The van der Waals surface area contributed by atoms with Gasteiger partial charge in [-0.05, 0) is 32.2 Å². The fraction of sp³-hybridized carbons (Fsp3) is 0.767. The SMILES string of the molecule is NCCCC[C@H](NC(=O)[C@H]1O[C@@H](n2cnc3c(=O)[nH]c(N)nc32)[C@H](O)[C@@H]1O)C(=O)NCCN[C@H]1[C@@H](O)[C@H](N)C[C@H](N)[C@H]1O[C@H]1O[C@H](CN)[C@@H](O)[C@H](O)[C@H]1N. The number of hydrogen-bond acceptors (Lipinski definition) is 20. The number of nitrogen functional groups attached to an aromatic ring is 1. The molecule has 2 amide bonds. The first-order valence-electron chi connectivity index (χ1n) is 17.8. The number of unbranched alkanes of at least 4 members (excludes halogenated alkanes) is 1. The molecule has 2 aromatic rings. The lowest BCUT2D eigenvalue weighted by molar-refractivity contribution is -0.279. The molecule has 0 aromatic carbocycles. The number of H-pyrrole nitrogens is 1. The van der Waals surface area contributed by atoms with Gasteiger partial charge in [0.05, 0.1) is 30.6 Å². The van der Waals surface area contributed by atoms with Crippen LogP contribution in [0.2, 0.25) is 0 Å². The van der Waals surface area contributed by atoms with Crippen molar-refractivity contribution in [2.75, 3.05) is 31.9 Å². The number of carbonyl (C=O) groups excluding carboxylic acids is 2. The Morgan fingerprint density at radius 2 is 1.74 bits per heavy atom. The molecule has 2 aliphatic heterocycles. The minimum Gasteiger partial charge on any atom is -0.390 e. The van der Waals surface area contributed by atoms with Crippen LogP contribution in [0.3, 0.4) is 0 Å². The molecule has 1 saturated carbocycles. The van der Waals surface area contributed by atoms with Gasteiger partial charge in [-0.1, -0.05) is 0 Å². The Kier molecular flexibility index (Phi) is 13.9. The number of aliphatic hydroxyl groups excluding tert-OH is 5.